The quantitative estimate of drug-likeness (QED) is 0.776. The van der Waals surface area contributed by atoms with Crippen molar-refractivity contribution in [1.82, 2.24) is 20.1 Å². The van der Waals surface area contributed by atoms with Crippen molar-refractivity contribution < 1.29 is 4.79 Å². The summed E-state index contributed by atoms with van der Waals surface area (Å²) in [4.78, 5) is 12.2. The van der Waals surface area contributed by atoms with Crippen molar-refractivity contribution in [2.75, 3.05) is 5.75 Å². The highest BCUT2D eigenvalue weighted by Crippen LogP contribution is 2.46. The second-order valence-electron chi connectivity index (χ2n) is 7.14. The van der Waals surface area contributed by atoms with Crippen LogP contribution < -0.4 is 5.32 Å². The molecule has 23 heavy (non-hydrogen) atoms. The standard InChI is InChI=1S/C16H21N5OS/c1-16(9-17,11-4-5-11)18-13(22)8-23-15-20-19-14(10-2-3-10)21(15)12-6-7-12/h10-12H,2-8H2,1H3,(H,18,22). The van der Waals surface area contributed by atoms with Crippen LogP contribution in [0.3, 0.4) is 0 Å². The van der Waals surface area contributed by atoms with Crippen molar-refractivity contribution in [3.63, 3.8) is 0 Å². The molecule has 3 aliphatic rings. The summed E-state index contributed by atoms with van der Waals surface area (Å²) in [6, 6.07) is 2.79. The fourth-order valence-corrected chi connectivity index (χ4v) is 3.83. The molecule has 0 spiro atoms. The van der Waals surface area contributed by atoms with Gasteiger partial charge in [0.2, 0.25) is 5.91 Å². The van der Waals surface area contributed by atoms with Gasteiger partial charge in [-0.1, -0.05) is 11.8 Å². The highest BCUT2D eigenvalue weighted by atomic mass is 32.2. The lowest BCUT2D eigenvalue weighted by Crippen LogP contribution is -2.47. The van der Waals surface area contributed by atoms with E-state index in [1.165, 1.54) is 37.4 Å². The third-order valence-electron chi connectivity index (χ3n) is 4.90. The van der Waals surface area contributed by atoms with E-state index in [2.05, 4.69) is 26.2 Å². The Morgan fingerprint density at radius 1 is 1.35 bits per heavy atom. The first-order valence-electron chi connectivity index (χ1n) is 8.40. The van der Waals surface area contributed by atoms with E-state index in [4.69, 9.17) is 0 Å². The van der Waals surface area contributed by atoms with Gasteiger partial charge in [-0.3, -0.25) is 4.79 Å². The zero-order chi connectivity index (χ0) is 16.0. The number of carbonyl (C=O) groups excluding carboxylic acids is 1. The molecule has 1 amide bonds. The predicted octanol–water partition coefficient (Wildman–Crippen LogP) is 2.39. The minimum absolute atomic E-state index is 0.0933. The summed E-state index contributed by atoms with van der Waals surface area (Å²) in [7, 11) is 0. The molecule has 3 saturated carbocycles. The number of rotatable bonds is 7. The molecule has 1 N–H and O–H groups in total. The zero-order valence-electron chi connectivity index (χ0n) is 13.3. The largest absolute Gasteiger partial charge is 0.337 e. The number of nitrogens with zero attached hydrogens (tertiary/aromatic N) is 4. The smallest absolute Gasteiger partial charge is 0.231 e. The normalized spacial score (nSPS) is 23.1. The van der Waals surface area contributed by atoms with Gasteiger partial charge in [-0.2, -0.15) is 5.26 Å². The highest BCUT2D eigenvalue weighted by molar-refractivity contribution is 7.99. The Morgan fingerprint density at radius 3 is 2.65 bits per heavy atom. The molecule has 3 fully saturated rings. The molecule has 7 heteroatoms. The summed E-state index contributed by atoms with van der Waals surface area (Å²) in [5.74, 6) is 2.18. The van der Waals surface area contributed by atoms with Crippen LogP contribution in [0.5, 0.6) is 0 Å². The monoisotopic (exact) mass is 331 g/mol. The van der Waals surface area contributed by atoms with E-state index in [1.54, 1.807) is 0 Å². The summed E-state index contributed by atoms with van der Waals surface area (Å²) >= 11 is 1.44. The van der Waals surface area contributed by atoms with Gasteiger partial charge in [-0.25, -0.2) is 0 Å². The van der Waals surface area contributed by atoms with E-state index in [1.807, 2.05) is 6.92 Å². The van der Waals surface area contributed by atoms with Gasteiger partial charge in [0.15, 0.2) is 5.16 Å². The predicted molar refractivity (Wildman–Crippen MR) is 85.9 cm³/mol. The first-order chi connectivity index (χ1) is 11.1. The van der Waals surface area contributed by atoms with Crippen LogP contribution in [0.4, 0.5) is 0 Å². The molecule has 0 saturated heterocycles. The Bertz CT molecular complexity index is 669. The van der Waals surface area contributed by atoms with E-state index in [-0.39, 0.29) is 5.91 Å². The number of amides is 1. The van der Waals surface area contributed by atoms with Gasteiger partial charge >= 0.3 is 0 Å². The maximum absolute atomic E-state index is 12.2. The van der Waals surface area contributed by atoms with Crippen LogP contribution in [0.2, 0.25) is 0 Å². The molecule has 1 unspecified atom stereocenters. The molecule has 122 valence electrons. The summed E-state index contributed by atoms with van der Waals surface area (Å²) in [5.41, 5.74) is -0.721. The van der Waals surface area contributed by atoms with Crippen LogP contribution in [0.25, 0.3) is 0 Å². The van der Waals surface area contributed by atoms with Gasteiger partial charge < -0.3 is 9.88 Å². The van der Waals surface area contributed by atoms with Crippen molar-refractivity contribution in [1.29, 1.82) is 5.26 Å². The third kappa shape index (κ3) is 3.09. The number of thioether (sulfide) groups is 1. The Kier molecular flexibility index (Phi) is 3.60. The zero-order valence-corrected chi connectivity index (χ0v) is 14.1. The van der Waals surface area contributed by atoms with Crippen molar-refractivity contribution in [3.8, 4) is 6.07 Å². The molecule has 1 heterocycles. The lowest BCUT2D eigenvalue weighted by molar-refractivity contribution is -0.119. The Labute approximate surface area is 140 Å². The summed E-state index contributed by atoms with van der Waals surface area (Å²) in [6.45, 7) is 1.82. The van der Waals surface area contributed by atoms with Crippen molar-refractivity contribution in [3.05, 3.63) is 5.82 Å². The first-order valence-corrected chi connectivity index (χ1v) is 9.39. The number of hydrogen-bond donors (Lipinski definition) is 1. The number of nitriles is 1. The lowest BCUT2D eigenvalue weighted by atomic mass is 9.98. The molecular weight excluding hydrogens is 310 g/mol. The fourth-order valence-electron chi connectivity index (χ4n) is 3.02. The van der Waals surface area contributed by atoms with Gasteiger partial charge in [0.25, 0.3) is 0 Å². The first kappa shape index (κ1) is 15.0. The van der Waals surface area contributed by atoms with Crippen LogP contribution in [-0.2, 0) is 4.79 Å². The van der Waals surface area contributed by atoms with Crippen LogP contribution in [0.15, 0.2) is 5.16 Å². The van der Waals surface area contributed by atoms with Crippen molar-refractivity contribution in [2.45, 2.75) is 68.1 Å². The van der Waals surface area contributed by atoms with Crippen LogP contribution in [0.1, 0.15) is 63.2 Å². The molecule has 0 radical (unpaired) electrons. The van der Waals surface area contributed by atoms with Gasteiger partial charge in [-0.15, -0.1) is 10.2 Å². The highest BCUT2D eigenvalue weighted by Gasteiger charge is 2.43. The fraction of sp³-hybridized carbons (Fsp3) is 0.750. The van der Waals surface area contributed by atoms with Gasteiger partial charge in [-0.05, 0) is 51.4 Å². The number of nitrogens with one attached hydrogen (secondary N) is 1. The number of aromatic nitrogens is 3. The van der Waals surface area contributed by atoms with Gasteiger partial charge in [0.05, 0.1) is 11.8 Å². The Hall–Kier alpha value is -1.55. The average Bonchev–Trinajstić information content (AvgIpc) is 3.35. The topological polar surface area (TPSA) is 83.6 Å². The second-order valence-corrected chi connectivity index (χ2v) is 8.08. The maximum Gasteiger partial charge on any atom is 0.231 e. The van der Waals surface area contributed by atoms with Gasteiger partial charge in [0.1, 0.15) is 11.4 Å². The van der Waals surface area contributed by atoms with Crippen LogP contribution >= 0.6 is 11.8 Å². The maximum atomic E-state index is 12.2. The van der Waals surface area contributed by atoms with Crippen molar-refractivity contribution >= 4 is 17.7 Å². The molecule has 1 atom stereocenters. The molecule has 3 aliphatic carbocycles. The SMILES string of the molecule is CC(C#N)(NC(=O)CSc1nnc(C2CC2)n1C1CC1)C1CC1. The molecule has 0 aromatic carbocycles. The molecule has 6 nitrogen and oxygen atoms in total. The van der Waals surface area contributed by atoms with Crippen LogP contribution in [0, 0.1) is 17.2 Å². The number of hydrogen-bond acceptors (Lipinski definition) is 5. The molecule has 1 aromatic rings. The van der Waals surface area contributed by atoms with Crippen LogP contribution in [-0.4, -0.2) is 32.0 Å². The third-order valence-corrected chi connectivity index (χ3v) is 5.85. The van der Waals surface area contributed by atoms with Gasteiger partial charge in [0, 0.05) is 12.0 Å². The summed E-state index contributed by atoms with van der Waals surface area (Å²) in [6.07, 6.45) is 6.84. The Morgan fingerprint density at radius 2 is 2.09 bits per heavy atom. The van der Waals surface area contributed by atoms with Crippen molar-refractivity contribution in [2.24, 2.45) is 5.92 Å². The molecule has 4 rings (SSSR count). The lowest BCUT2D eigenvalue weighted by Gasteiger charge is -2.22. The molecule has 0 aliphatic heterocycles. The summed E-state index contributed by atoms with van der Waals surface area (Å²) < 4.78 is 2.25. The molecule has 1 aromatic heterocycles. The molecule has 0 bridgehead atoms. The Balaban J connectivity index is 1.39. The summed E-state index contributed by atoms with van der Waals surface area (Å²) in [5, 5.41) is 21.7. The molecular formula is C16H21N5OS. The average molecular weight is 331 g/mol. The number of carbonyl (C=O) groups is 1. The van der Waals surface area contributed by atoms with E-state index >= 15 is 0 Å². The van der Waals surface area contributed by atoms with E-state index in [0.29, 0.717) is 23.6 Å². The van der Waals surface area contributed by atoms with E-state index in [0.717, 1.165) is 23.8 Å². The second kappa shape index (κ2) is 5.52. The minimum atomic E-state index is -0.721. The van der Waals surface area contributed by atoms with E-state index < -0.39 is 5.54 Å². The minimum Gasteiger partial charge on any atom is -0.337 e. The van der Waals surface area contributed by atoms with E-state index in [9.17, 15) is 10.1 Å².